The first kappa shape index (κ1) is 17.3. The van der Waals surface area contributed by atoms with E-state index in [0.717, 1.165) is 19.5 Å². The lowest BCUT2D eigenvalue weighted by Gasteiger charge is -2.24. The third-order valence-corrected chi connectivity index (χ3v) is 3.33. The molecule has 0 aliphatic rings. The maximum Gasteiger partial charge on any atom is 0.241 e. The summed E-state index contributed by atoms with van der Waals surface area (Å²) in [5, 5.41) is 4.04. The Hall–Kier alpha value is -3.09. The van der Waals surface area contributed by atoms with Crippen LogP contribution >= 0.6 is 0 Å². The van der Waals surface area contributed by atoms with Gasteiger partial charge in [0.1, 0.15) is 11.7 Å². The molecule has 0 atom stereocenters. The molecule has 1 heterocycles. The van der Waals surface area contributed by atoms with Crippen molar-refractivity contribution in [2.45, 2.75) is 13.3 Å². The van der Waals surface area contributed by atoms with Crippen LogP contribution in [0.2, 0.25) is 0 Å². The summed E-state index contributed by atoms with van der Waals surface area (Å²) in [5.41, 5.74) is 9.89. The van der Waals surface area contributed by atoms with Crippen molar-refractivity contribution >= 4 is 17.9 Å². The predicted octanol–water partition coefficient (Wildman–Crippen LogP) is 2.27. The first-order valence-corrected chi connectivity index (χ1v) is 7.68. The van der Waals surface area contributed by atoms with Gasteiger partial charge in [-0.2, -0.15) is 10.1 Å². The molecule has 0 amide bonds. The van der Waals surface area contributed by atoms with Crippen LogP contribution in [0.3, 0.4) is 0 Å². The second-order valence-electron chi connectivity index (χ2n) is 5.01. The molecule has 0 saturated heterocycles. The van der Waals surface area contributed by atoms with Gasteiger partial charge in [0.05, 0.1) is 12.4 Å². The number of amidine groups is 1. The van der Waals surface area contributed by atoms with E-state index in [0.29, 0.717) is 11.7 Å². The van der Waals surface area contributed by atoms with Crippen LogP contribution in [-0.4, -0.2) is 35.0 Å². The number of aromatic nitrogens is 1. The Balaban J connectivity index is 1.82. The number of hydrazone groups is 1. The van der Waals surface area contributed by atoms with Crippen molar-refractivity contribution in [1.82, 2.24) is 15.3 Å². The summed E-state index contributed by atoms with van der Waals surface area (Å²) in [5.74, 6) is 1.24. The van der Waals surface area contributed by atoms with Crippen LogP contribution in [0.15, 0.2) is 69.8 Å². The highest BCUT2D eigenvalue weighted by atomic mass is 16.3. The van der Waals surface area contributed by atoms with Crippen molar-refractivity contribution in [3.8, 4) is 0 Å². The minimum atomic E-state index is 0.208. The Labute approximate surface area is 141 Å². The van der Waals surface area contributed by atoms with Crippen LogP contribution in [0.25, 0.3) is 0 Å². The van der Waals surface area contributed by atoms with E-state index < -0.39 is 0 Å². The minimum Gasteiger partial charge on any atom is -0.426 e. The molecule has 0 spiro atoms. The average molecular weight is 326 g/mol. The van der Waals surface area contributed by atoms with Crippen LogP contribution in [0.4, 0.5) is 5.88 Å². The number of aliphatic imine (C=N–C) groups is 1. The number of nitrogens with zero attached hydrogens (tertiary/aromatic N) is 4. The van der Waals surface area contributed by atoms with Crippen molar-refractivity contribution in [2.75, 3.05) is 13.1 Å². The van der Waals surface area contributed by atoms with Gasteiger partial charge in [0.25, 0.3) is 0 Å². The molecule has 0 fully saturated rings. The molecule has 3 N–H and O–H groups in total. The van der Waals surface area contributed by atoms with Gasteiger partial charge in [-0.1, -0.05) is 36.9 Å². The van der Waals surface area contributed by atoms with E-state index >= 15 is 0 Å². The first-order chi connectivity index (χ1) is 11.7. The van der Waals surface area contributed by atoms with E-state index in [1.165, 1.54) is 24.4 Å². The van der Waals surface area contributed by atoms with Crippen molar-refractivity contribution < 1.29 is 4.42 Å². The van der Waals surface area contributed by atoms with Crippen LogP contribution in [0, 0.1) is 0 Å². The van der Waals surface area contributed by atoms with E-state index in [1.54, 1.807) is 0 Å². The van der Waals surface area contributed by atoms with Gasteiger partial charge in [-0.15, -0.1) is 0 Å². The molecule has 2 aromatic rings. The summed E-state index contributed by atoms with van der Waals surface area (Å²) in [6.07, 6.45) is 5.09. The largest absolute Gasteiger partial charge is 0.426 e. The Morgan fingerprint density at radius 3 is 2.88 bits per heavy atom. The third-order valence-electron chi connectivity index (χ3n) is 3.33. The molecule has 1 aromatic carbocycles. The number of hydrogen-bond donors (Lipinski definition) is 2. The minimum absolute atomic E-state index is 0.208. The van der Waals surface area contributed by atoms with E-state index in [2.05, 4.69) is 51.0 Å². The average Bonchev–Trinajstić information content (AvgIpc) is 3.09. The van der Waals surface area contributed by atoms with Gasteiger partial charge in [-0.05, 0) is 18.9 Å². The Kier molecular flexibility index (Phi) is 6.58. The lowest BCUT2D eigenvalue weighted by atomic mass is 10.1. The third kappa shape index (κ3) is 5.60. The summed E-state index contributed by atoms with van der Waals surface area (Å²) in [7, 11) is 0. The van der Waals surface area contributed by atoms with Crippen molar-refractivity contribution in [3.05, 3.63) is 60.9 Å². The van der Waals surface area contributed by atoms with Crippen molar-refractivity contribution in [1.29, 1.82) is 0 Å². The first-order valence-electron chi connectivity index (χ1n) is 7.68. The molecule has 0 unspecified atom stereocenters. The predicted molar refractivity (Wildman–Crippen MR) is 95.9 cm³/mol. The number of benzene rings is 1. The monoisotopic (exact) mass is 326 g/mol. The molecular formula is C17H22N6O. The summed E-state index contributed by atoms with van der Waals surface area (Å²) in [6.45, 7) is 7.75. The number of likely N-dealkylation sites (N-methyl/N-ethyl adjacent to an activating group) is 1. The Bertz CT molecular complexity index is 678. The van der Waals surface area contributed by atoms with Gasteiger partial charge < -0.3 is 15.1 Å². The van der Waals surface area contributed by atoms with Crippen molar-refractivity contribution in [3.63, 3.8) is 0 Å². The Morgan fingerprint density at radius 2 is 2.21 bits per heavy atom. The van der Waals surface area contributed by atoms with Gasteiger partial charge in [0, 0.05) is 13.1 Å². The molecular weight excluding hydrogens is 304 g/mol. The quantitative estimate of drug-likeness (QED) is 0.419. The maximum absolute atomic E-state index is 5.72. The van der Waals surface area contributed by atoms with Crippen LogP contribution in [0.1, 0.15) is 12.5 Å². The highest BCUT2D eigenvalue weighted by Gasteiger charge is 2.04. The fourth-order valence-electron chi connectivity index (χ4n) is 2.06. The normalized spacial score (nSPS) is 11.6. The molecule has 126 valence electrons. The number of nitrogens with one attached hydrogen (secondary N) is 1. The number of hydrogen-bond acceptors (Lipinski definition) is 6. The Morgan fingerprint density at radius 1 is 1.42 bits per heavy atom. The SMILES string of the molecule is C=C(NN=CC(N)=Nc1cnco1)N(CC)CCc1ccccc1. The highest BCUT2D eigenvalue weighted by Crippen LogP contribution is 2.07. The molecule has 7 nitrogen and oxygen atoms in total. The van der Waals surface area contributed by atoms with Gasteiger partial charge in [-0.25, -0.2) is 4.98 Å². The number of rotatable bonds is 9. The second kappa shape index (κ2) is 9.14. The van der Waals surface area contributed by atoms with Gasteiger partial charge in [0.2, 0.25) is 5.88 Å². The van der Waals surface area contributed by atoms with Crippen LogP contribution in [-0.2, 0) is 6.42 Å². The lowest BCUT2D eigenvalue weighted by Crippen LogP contribution is -2.31. The van der Waals surface area contributed by atoms with E-state index in [4.69, 9.17) is 10.2 Å². The molecule has 0 saturated carbocycles. The number of nitrogens with two attached hydrogens (primary N) is 1. The van der Waals surface area contributed by atoms with E-state index in [1.807, 2.05) is 18.2 Å². The molecule has 0 bridgehead atoms. The zero-order valence-electron chi connectivity index (χ0n) is 13.7. The molecule has 7 heteroatoms. The van der Waals surface area contributed by atoms with Gasteiger partial charge >= 0.3 is 0 Å². The lowest BCUT2D eigenvalue weighted by molar-refractivity contribution is 0.343. The topological polar surface area (TPSA) is 92.0 Å². The van der Waals surface area contributed by atoms with Crippen molar-refractivity contribution in [2.24, 2.45) is 15.8 Å². The van der Waals surface area contributed by atoms with Crippen LogP contribution in [0.5, 0.6) is 0 Å². The van der Waals surface area contributed by atoms with Gasteiger partial charge in [0.15, 0.2) is 6.39 Å². The molecule has 24 heavy (non-hydrogen) atoms. The standard InChI is InChI=1S/C17H22N6O/c1-3-23(10-9-15-7-5-4-6-8-15)14(2)22-20-11-16(18)21-17-12-19-13-24-17/h4-8,11-13,22H,2-3,9-10H2,1H3,(H2,18,21). The van der Waals surface area contributed by atoms with Crippen LogP contribution < -0.4 is 11.2 Å². The molecule has 0 radical (unpaired) electrons. The van der Waals surface area contributed by atoms with E-state index in [-0.39, 0.29) is 5.84 Å². The molecule has 0 aliphatic heterocycles. The van der Waals surface area contributed by atoms with E-state index in [9.17, 15) is 0 Å². The summed E-state index contributed by atoms with van der Waals surface area (Å²) >= 11 is 0. The zero-order chi connectivity index (χ0) is 17.2. The fourth-order valence-corrected chi connectivity index (χ4v) is 2.06. The maximum atomic E-state index is 5.72. The highest BCUT2D eigenvalue weighted by molar-refractivity contribution is 6.29. The molecule has 1 aromatic heterocycles. The summed E-state index contributed by atoms with van der Waals surface area (Å²) < 4.78 is 4.97. The molecule has 0 aliphatic carbocycles. The summed E-state index contributed by atoms with van der Waals surface area (Å²) in [4.78, 5) is 9.85. The van der Waals surface area contributed by atoms with Gasteiger partial charge in [-0.3, -0.25) is 5.43 Å². The zero-order valence-corrected chi connectivity index (χ0v) is 13.7. The molecule has 2 rings (SSSR count). The number of oxazole rings is 1. The second-order valence-corrected chi connectivity index (χ2v) is 5.01. The smallest absolute Gasteiger partial charge is 0.241 e. The fraction of sp³-hybridized carbons (Fsp3) is 0.235. The summed E-state index contributed by atoms with van der Waals surface area (Å²) in [6, 6.07) is 10.3.